The predicted molar refractivity (Wildman–Crippen MR) is 111 cm³/mol. The molecule has 3 rings (SSSR count). The summed E-state index contributed by atoms with van der Waals surface area (Å²) in [5.74, 6) is -0.448. The van der Waals surface area contributed by atoms with Crippen LogP contribution in [0.5, 0.6) is 0 Å². The normalized spacial score (nSPS) is 10.7. The molecule has 3 aromatic rings. The van der Waals surface area contributed by atoms with Gasteiger partial charge < -0.3 is 10.0 Å². The van der Waals surface area contributed by atoms with Crippen molar-refractivity contribution in [1.29, 1.82) is 0 Å². The summed E-state index contributed by atoms with van der Waals surface area (Å²) in [7, 11) is 5.55. The van der Waals surface area contributed by atoms with E-state index in [9.17, 15) is 4.79 Å². The minimum atomic E-state index is -0.911. The van der Waals surface area contributed by atoms with Gasteiger partial charge in [-0.15, -0.1) is 5.10 Å². The number of hydrogen-bond acceptors (Lipinski definition) is 7. The number of aromatic nitrogens is 3. The maximum Gasteiger partial charge on any atom is 0.313 e. The monoisotopic (exact) mass is 399 g/mol. The van der Waals surface area contributed by atoms with E-state index in [1.165, 1.54) is 0 Å². The van der Waals surface area contributed by atoms with E-state index in [0.717, 1.165) is 39.8 Å². The highest BCUT2D eigenvalue weighted by Crippen LogP contribution is 2.30. The lowest BCUT2D eigenvalue weighted by Crippen LogP contribution is -2.07. The molecule has 3 N–H and O–H groups in total. The highest BCUT2D eigenvalue weighted by molar-refractivity contribution is 7.99. The number of hydrogen-bond donors (Lipinski definition) is 3. The maximum absolute atomic E-state index is 10.7. The number of H-pyrrole nitrogens is 1. The summed E-state index contributed by atoms with van der Waals surface area (Å²) >= 11 is 1.07. The van der Waals surface area contributed by atoms with Crippen LogP contribution in [0.1, 0.15) is 0 Å². The number of anilines is 2. The van der Waals surface area contributed by atoms with Crippen LogP contribution in [0.4, 0.5) is 11.4 Å². The molecule has 1 aromatic heterocycles. The van der Waals surface area contributed by atoms with E-state index < -0.39 is 5.97 Å². The van der Waals surface area contributed by atoms with Crippen LogP contribution in [0.2, 0.25) is 0 Å². The van der Waals surface area contributed by atoms with Gasteiger partial charge in [-0.05, 0) is 41.5 Å². The lowest BCUT2D eigenvalue weighted by molar-refractivity contribution is -0.133. The Morgan fingerprint density at radius 2 is 1.89 bits per heavy atom. The fourth-order valence-corrected chi connectivity index (χ4v) is 3.14. The molecule has 0 aliphatic rings. The van der Waals surface area contributed by atoms with Crippen molar-refractivity contribution in [3.8, 4) is 22.5 Å². The first-order chi connectivity index (χ1) is 13.5. The van der Waals surface area contributed by atoms with Crippen LogP contribution >= 0.6 is 11.8 Å². The number of nitrogens with one attached hydrogen (secondary N) is 2. The first-order valence-corrected chi connectivity index (χ1v) is 9.44. The number of carboxylic acids is 1. The van der Waals surface area contributed by atoms with E-state index in [1.807, 2.05) is 37.2 Å². The molecule has 0 bridgehead atoms. The Morgan fingerprint density at radius 3 is 2.54 bits per heavy atom. The van der Waals surface area contributed by atoms with Gasteiger partial charge in [0.05, 0.1) is 18.6 Å². The van der Waals surface area contributed by atoms with Gasteiger partial charge in [-0.1, -0.05) is 23.9 Å². The Kier molecular flexibility index (Phi) is 6.17. The summed E-state index contributed by atoms with van der Waals surface area (Å²) < 4.78 is 0. The van der Waals surface area contributed by atoms with Crippen LogP contribution in [0.15, 0.2) is 47.6 Å². The molecular weight excluding hydrogens is 378 g/mol. The summed E-state index contributed by atoms with van der Waals surface area (Å²) in [6.45, 7) is 0. The molecule has 0 fully saturated rings. The van der Waals surface area contributed by atoms with E-state index in [2.05, 4.69) is 44.9 Å². The van der Waals surface area contributed by atoms with Gasteiger partial charge in [0.1, 0.15) is 0 Å². The molecule has 2 aromatic carbocycles. The van der Waals surface area contributed by atoms with Crippen LogP contribution in [0, 0.1) is 0 Å². The van der Waals surface area contributed by atoms with Crippen molar-refractivity contribution in [3.05, 3.63) is 42.5 Å². The second kappa shape index (κ2) is 8.77. The molecule has 0 radical (unpaired) electrons. The lowest BCUT2D eigenvalue weighted by atomic mass is 10.0. The summed E-state index contributed by atoms with van der Waals surface area (Å²) in [5.41, 5.74) is 7.57. The first-order valence-electron chi connectivity index (χ1n) is 8.45. The van der Waals surface area contributed by atoms with Crippen molar-refractivity contribution >= 4 is 29.1 Å². The molecule has 0 unspecified atom stereocenters. The molecule has 146 valence electrons. The van der Waals surface area contributed by atoms with E-state index >= 15 is 0 Å². The van der Waals surface area contributed by atoms with Gasteiger partial charge in [0.15, 0.2) is 5.82 Å². The van der Waals surface area contributed by atoms with Crippen molar-refractivity contribution in [3.63, 3.8) is 0 Å². The van der Waals surface area contributed by atoms with Crippen LogP contribution < -0.4 is 10.4 Å². The third-order valence-electron chi connectivity index (χ3n) is 3.93. The highest BCUT2D eigenvalue weighted by atomic mass is 32.2. The zero-order valence-electron chi connectivity index (χ0n) is 15.8. The molecule has 0 aliphatic heterocycles. The van der Waals surface area contributed by atoms with Gasteiger partial charge in [0.2, 0.25) is 5.16 Å². The molecule has 0 atom stereocenters. The number of aromatic amines is 1. The van der Waals surface area contributed by atoms with Gasteiger partial charge in [-0.25, -0.2) is 4.98 Å². The van der Waals surface area contributed by atoms with Crippen molar-refractivity contribution in [1.82, 2.24) is 15.2 Å². The summed E-state index contributed by atoms with van der Waals surface area (Å²) in [4.78, 5) is 22.2. The van der Waals surface area contributed by atoms with E-state index in [4.69, 9.17) is 9.94 Å². The summed E-state index contributed by atoms with van der Waals surface area (Å²) in [6.07, 6.45) is 0. The van der Waals surface area contributed by atoms with E-state index in [0.29, 0.717) is 11.0 Å². The van der Waals surface area contributed by atoms with Crippen molar-refractivity contribution in [2.75, 3.05) is 37.3 Å². The van der Waals surface area contributed by atoms with Crippen molar-refractivity contribution in [2.24, 2.45) is 0 Å². The van der Waals surface area contributed by atoms with E-state index in [1.54, 1.807) is 7.11 Å². The highest BCUT2D eigenvalue weighted by Gasteiger charge is 2.11. The molecule has 28 heavy (non-hydrogen) atoms. The lowest BCUT2D eigenvalue weighted by Gasteiger charge is -2.14. The van der Waals surface area contributed by atoms with Crippen LogP contribution in [0.25, 0.3) is 22.5 Å². The Morgan fingerprint density at radius 1 is 1.18 bits per heavy atom. The molecule has 9 heteroatoms. The molecule has 1 heterocycles. The second-order valence-corrected chi connectivity index (χ2v) is 7.14. The molecule has 0 spiro atoms. The number of aliphatic carboxylic acids is 1. The Balaban J connectivity index is 1.94. The molecule has 0 amide bonds. The topological polar surface area (TPSA) is 103 Å². The molecule has 0 saturated carbocycles. The number of rotatable bonds is 8. The number of thioether (sulfide) groups is 1. The minimum absolute atomic E-state index is 0.0912. The maximum atomic E-state index is 10.7. The third-order valence-corrected chi connectivity index (χ3v) is 4.77. The smallest absolute Gasteiger partial charge is 0.313 e. The second-order valence-electron chi connectivity index (χ2n) is 6.20. The Bertz CT molecular complexity index is 956. The van der Waals surface area contributed by atoms with Gasteiger partial charge in [-0.2, -0.15) is 0 Å². The molecule has 0 aliphatic carbocycles. The van der Waals surface area contributed by atoms with E-state index in [-0.39, 0.29) is 5.75 Å². The van der Waals surface area contributed by atoms with Gasteiger partial charge in [0.25, 0.3) is 0 Å². The SMILES string of the molecule is CONc1cc(-c2ccc(N(C)C)cc2)cc(-c2nc(SCC(=O)O)n[nH]2)c1. The molecule has 0 saturated heterocycles. The zero-order chi connectivity index (χ0) is 20.1. The van der Waals surface area contributed by atoms with Crippen molar-refractivity contribution in [2.45, 2.75) is 5.16 Å². The summed E-state index contributed by atoms with van der Waals surface area (Å²) in [6, 6.07) is 14.1. The average molecular weight is 399 g/mol. The van der Waals surface area contributed by atoms with Crippen molar-refractivity contribution < 1.29 is 14.7 Å². The number of nitrogens with zero attached hydrogens (tertiary/aromatic N) is 3. The number of benzene rings is 2. The minimum Gasteiger partial charge on any atom is -0.481 e. The van der Waals surface area contributed by atoms with Crippen LogP contribution in [-0.4, -0.2) is 53.2 Å². The Labute approximate surface area is 166 Å². The largest absolute Gasteiger partial charge is 0.481 e. The first kappa shape index (κ1) is 19.7. The van der Waals surface area contributed by atoms with Gasteiger partial charge >= 0.3 is 5.97 Å². The molecule has 8 nitrogen and oxygen atoms in total. The zero-order valence-corrected chi connectivity index (χ0v) is 16.6. The predicted octanol–water partition coefficient (Wildman–Crippen LogP) is 3.35. The van der Waals surface area contributed by atoms with Gasteiger partial charge in [0, 0.05) is 25.3 Å². The summed E-state index contributed by atoms with van der Waals surface area (Å²) in [5, 5.41) is 16.1. The number of carbonyl (C=O) groups is 1. The Hall–Kier alpha value is -3.04. The standard InChI is InChI=1S/C19H21N5O3S/c1-24(2)16-6-4-12(5-7-16)13-8-14(10-15(9-13)23-27-3)18-20-19(22-21-18)28-11-17(25)26/h4-10,23H,11H2,1-3H3,(H,25,26)(H,20,21,22). The third kappa shape index (κ3) is 4.81. The van der Waals surface area contributed by atoms with Crippen LogP contribution in [-0.2, 0) is 9.63 Å². The van der Waals surface area contributed by atoms with Crippen LogP contribution in [0.3, 0.4) is 0 Å². The fraction of sp³-hybridized carbons (Fsp3) is 0.211. The average Bonchev–Trinajstić information content (AvgIpc) is 3.16. The molecular formula is C19H21N5O3S. The number of carboxylic acid groups (broad SMARTS) is 1. The quantitative estimate of drug-likeness (QED) is 0.391. The van der Waals surface area contributed by atoms with Gasteiger partial charge in [-0.3, -0.25) is 20.2 Å². The fourth-order valence-electron chi connectivity index (χ4n) is 2.63.